The largest absolute Gasteiger partial charge is 0.399 e. The van der Waals surface area contributed by atoms with Gasteiger partial charge in [0.2, 0.25) is 0 Å². The number of nitrogens with one attached hydrogen (secondary N) is 1. The monoisotopic (exact) mass is 232 g/mol. The Labute approximate surface area is 102 Å². The molecular weight excluding hydrogens is 212 g/mol. The Kier molecular flexibility index (Phi) is 3.09. The molecule has 1 aliphatic rings. The fourth-order valence-electron chi connectivity index (χ4n) is 2.16. The Morgan fingerprint density at radius 1 is 1.47 bits per heavy atom. The third-order valence-electron chi connectivity index (χ3n) is 3.87. The van der Waals surface area contributed by atoms with E-state index in [0.717, 1.165) is 6.54 Å². The van der Waals surface area contributed by atoms with Crippen molar-refractivity contribution in [2.24, 2.45) is 11.3 Å². The van der Waals surface area contributed by atoms with Gasteiger partial charge in [-0.05, 0) is 42.4 Å². The summed E-state index contributed by atoms with van der Waals surface area (Å²) in [6.07, 6.45) is 2.45. The number of nitrogens with two attached hydrogens (primary N) is 1. The van der Waals surface area contributed by atoms with Crippen molar-refractivity contribution in [3.8, 4) is 0 Å². The standard InChI is InChI=1S/C14H20N2O/c1-10(2)14(6-7-14)9-16-13(17)11-4-3-5-12(15)8-11/h3-5,8,10H,6-7,9,15H2,1-2H3,(H,16,17). The van der Waals surface area contributed by atoms with Crippen molar-refractivity contribution < 1.29 is 4.79 Å². The zero-order chi connectivity index (χ0) is 12.5. The molecule has 1 saturated carbocycles. The van der Waals surface area contributed by atoms with Crippen LogP contribution in [0.5, 0.6) is 0 Å². The van der Waals surface area contributed by atoms with Crippen molar-refractivity contribution >= 4 is 11.6 Å². The molecule has 17 heavy (non-hydrogen) atoms. The molecule has 2 rings (SSSR count). The summed E-state index contributed by atoms with van der Waals surface area (Å²) in [7, 11) is 0. The van der Waals surface area contributed by atoms with Crippen LogP contribution < -0.4 is 11.1 Å². The van der Waals surface area contributed by atoms with Gasteiger partial charge in [-0.2, -0.15) is 0 Å². The normalized spacial score (nSPS) is 16.9. The third kappa shape index (κ3) is 2.60. The summed E-state index contributed by atoms with van der Waals surface area (Å²) in [5, 5.41) is 3.02. The second-order valence-corrected chi connectivity index (χ2v) is 5.33. The van der Waals surface area contributed by atoms with Crippen LogP contribution in [0.4, 0.5) is 5.69 Å². The maximum atomic E-state index is 11.9. The van der Waals surface area contributed by atoms with Gasteiger partial charge in [-0.15, -0.1) is 0 Å². The molecule has 0 heterocycles. The van der Waals surface area contributed by atoms with E-state index in [2.05, 4.69) is 19.2 Å². The van der Waals surface area contributed by atoms with E-state index in [4.69, 9.17) is 5.73 Å². The van der Waals surface area contributed by atoms with E-state index in [1.807, 2.05) is 0 Å². The minimum atomic E-state index is -0.0239. The number of hydrogen-bond donors (Lipinski definition) is 2. The second-order valence-electron chi connectivity index (χ2n) is 5.33. The lowest BCUT2D eigenvalue weighted by atomic mass is 9.92. The van der Waals surface area contributed by atoms with Crippen molar-refractivity contribution in [2.75, 3.05) is 12.3 Å². The van der Waals surface area contributed by atoms with Crippen molar-refractivity contribution in [3.63, 3.8) is 0 Å². The van der Waals surface area contributed by atoms with Crippen molar-refractivity contribution in [1.29, 1.82) is 0 Å². The molecule has 92 valence electrons. The summed E-state index contributed by atoms with van der Waals surface area (Å²) in [5.74, 6) is 0.605. The number of nitrogen functional groups attached to an aromatic ring is 1. The van der Waals surface area contributed by atoms with Crippen molar-refractivity contribution in [2.45, 2.75) is 26.7 Å². The van der Waals surface area contributed by atoms with E-state index in [0.29, 0.717) is 22.6 Å². The van der Waals surface area contributed by atoms with Gasteiger partial charge in [0.15, 0.2) is 0 Å². The van der Waals surface area contributed by atoms with Crippen LogP contribution in [0.25, 0.3) is 0 Å². The molecule has 1 aromatic rings. The molecule has 0 spiro atoms. The van der Waals surface area contributed by atoms with Crippen LogP contribution in [0, 0.1) is 11.3 Å². The number of benzene rings is 1. The number of rotatable bonds is 4. The molecule has 0 aliphatic heterocycles. The fourth-order valence-corrected chi connectivity index (χ4v) is 2.16. The Morgan fingerprint density at radius 2 is 2.18 bits per heavy atom. The Bertz CT molecular complexity index is 422. The summed E-state index contributed by atoms with van der Waals surface area (Å²) >= 11 is 0. The van der Waals surface area contributed by atoms with Crippen LogP contribution in [0.1, 0.15) is 37.0 Å². The molecule has 3 heteroatoms. The fraction of sp³-hybridized carbons (Fsp3) is 0.500. The van der Waals surface area contributed by atoms with Gasteiger partial charge in [0.1, 0.15) is 0 Å². The highest BCUT2D eigenvalue weighted by molar-refractivity contribution is 5.95. The molecule has 0 unspecified atom stereocenters. The zero-order valence-corrected chi connectivity index (χ0v) is 10.5. The number of amides is 1. The average molecular weight is 232 g/mol. The molecule has 3 nitrogen and oxygen atoms in total. The summed E-state index contributed by atoms with van der Waals surface area (Å²) < 4.78 is 0. The number of anilines is 1. The quantitative estimate of drug-likeness (QED) is 0.783. The number of hydrogen-bond acceptors (Lipinski definition) is 2. The summed E-state index contributed by atoms with van der Waals surface area (Å²) in [5.41, 5.74) is 7.27. The highest BCUT2D eigenvalue weighted by Crippen LogP contribution is 2.51. The first-order valence-corrected chi connectivity index (χ1v) is 6.17. The number of carbonyl (C=O) groups excluding carboxylic acids is 1. The van der Waals surface area contributed by atoms with Gasteiger partial charge < -0.3 is 11.1 Å². The Morgan fingerprint density at radius 3 is 2.71 bits per heavy atom. The van der Waals surface area contributed by atoms with Crippen LogP contribution in [0.2, 0.25) is 0 Å². The second kappa shape index (κ2) is 4.40. The molecule has 0 radical (unpaired) electrons. The Hall–Kier alpha value is -1.51. The maximum Gasteiger partial charge on any atom is 0.251 e. The van der Waals surface area contributed by atoms with Crippen molar-refractivity contribution in [3.05, 3.63) is 29.8 Å². The topological polar surface area (TPSA) is 55.1 Å². The van der Waals surface area contributed by atoms with Gasteiger partial charge in [-0.25, -0.2) is 0 Å². The Balaban J connectivity index is 1.94. The van der Waals surface area contributed by atoms with E-state index in [1.54, 1.807) is 24.3 Å². The maximum absolute atomic E-state index is 11.9. The first-order valence-electron chi connectivity index (χ1n) is 6.17. The first-order chi connectivity index (χ1) is 8.03. The highest BCUT2D eigenvalue weighted by atomic mass is 16.1. The molecule has 1 fully saturated rings. The smallest absolute Gasteiger partial charge is 0.251 e. The molecule has 0 saturated heterocycles. The average Bonchev–Trinajstić information content (AvgIpc) is 3.07. The lowest BCUT2D eigenvalue weighted by Gasteiger charge is -2.20. The minimum absolute atomic E-state index is 0.0239. The molecule has 3 N–H and O–H groups in total. The lowest BCUT2D eigenvalue weighted by molar-refractivity contribution is 0.0940. The summed E-state index contributed by atoms with van der Waals surface area (Å²) in [6, 6.07) is 7.10. The van der Waals surface area contributed by atoms with Crippen LogP contribution >= 0.6 is 0 Å². The molecule has 0 aromatic heterocycles. The molecule has 1 amide bonds. The van der Waals surface area contributed by atoms with Crippen LogP contribution in [-0.4, -0.2) is 12.5 Å². The predicted octanol–water partition coefficient (Wildman–Crippen LogP) is 2.43. The van der Waals surface area contributed by atoms with Gasteiger partial charge in [0.25, 0.3) is 5.91 Å². The van der Waals surface area contributed by atoms with Gasteiger partial charge in [0.05, 0.1) is 0 Å². The van der Waals surface area contributed by atoms with E-state index in [9.17, 15) is 4.79 Å². The summed E-state index contributed by atoms with van der Waals surface area (Å²) in [4.78, 5) is 11.9. The minimum Gasteiger partial charge on any atom is -0.399 e. The molecular formula is C14H20N2O. The third-order valence-corrected chi connectivity index (χ3v) is 3.87. The highest BCUT2D eigenvalue weighted by Gasteiger charge is 2.45. The zero-order valence-electron chi connectivity index (χ0n) is 10.5. The molecule has 0 atom stereocenters. The summed E-state index contributed by atoms with van der Waals surface area (Å²) in [6.45, 7) is 5.22. The van der Waals surface area contributed by atoms with Crippen LogP contribution in [-0.2, 0) is 0 Å². The predicted molar refractivity (Wildman–Crippen MR) is 69.7 cm³/mol. The van der Waals surface area contributed by atoms with Gasteiger partial charge >= 0.3 is 0 Å². The van der Waals surface area contributed by atoms with Gasteiger partial charge in [0, 0.05) is 17.8 Å². The SMILES string of the molecule is CC(C)C1(CNC(=O)c2cccc(N)c2)CC1. The van der Waals surface area contributed by atoms with Gasteiger partial charge in [-0.1, -0.05) is 19.9 Å². The molecule has 0 bridgehead atoms. The first kappa shape index (κ1) is 12.0. The van der Waals surface area contributed by atoms with E-state index in [-0.39, 0.29) is 5.91 Å². The molecule has 1 aliphatic carbocycles. The van der Waals surface area contributed by atoms with Crippen molar-refractivity contribution in [1.82, 2.24) is 5.32 Å². The van der Waals surface area contributed by atoms with E-state index >= 15 is 0 Å². The number of carbonyl (C=O) groups is 1. The van der Waals surface area contributed by atoms with Crippen LogP contribution in [0.3, 0.4) is 0 Å². The van der Waals surface area contributed by atoms with Crippen LogP contribution in [0.15, 0.2) is 24.3 Å². The molecule has 1 aromatic carbocycles. The lowest BCUT2D eigenvalue weighted by Crippen LogP contribution is -2.32. The van der Waals surface area contributed by atoms with E-state index < -0.39 is 0 Å². The van der Waals surface area contributed by atoms with E-state index in [1.165, 1.54) is 12.8 Å². The van der Waals surface area contributed by atoms with Gasteiger partial charge in [-0.3, -0.25) is 4.79 Å².